The van der Waals surface area contributed by atoms with Crippen molar-refractivity contribution in [1.29, 1.82) is 0 Å². The largest absolute Gasteiger partial charge is 0.250 e. The summed E-state index contributed by atoms with van der Waals surface area (Å²) in [7, 11) is 0. The molecule has 0 atom stereocenters. The zero-order valence-electron chi connectivity index (χ0n) is 6.08. The van der Waals surface area contributed by atoms with Crippen molar-refractivity contribution < 1.29 is 0 Å². The number of aromatic nitrogens is 3. The fourth-order valence-corrected chi connectivity index (χ4v) is 0.884. The van der Waals surface area contributed by atoms with E-state index >= 15 is 0 Å². The van der Waals surface area contributed by atoms with E-state index in [1.54, 1.807) is 0 Å². The van der Waals surface area contributed by atoms with Crippen LogP contribution in [0.3, 0.4) is 0 Å². The van der Waals surface area contributed by atoms with Crippen LogP contribution in [0.25, 0.3) is 0 Å². The highest BCUT2D eigenvalue weighted by molar-refractivity contribution is 9.08. The smallest absolute Gasteiger partial charge is 0.0932 e. The molecule has 1 rings (SSSR count). The highest BCUT2D eigenvalue weighted by atomic mass is 79.9. The van der Waals surface area contributed by atoms with Gasteiger partial charge in [-0.05, 0) is 13.8 Å². The van der Waals surface area contributed by atoms with Gasteiger partial charge in [0.25, 0.3) is 0 Å². The van der Waals surface area contributed by atoms with E-state index in [0.717, 1.165) is 11.0 Å². The van der Waals surface area contributed by atoms with E-state index in [1.807, 2.05) is 10.9 Å². The molecule has 0 aliphatic heterocycles. The normalized spacial score (nSPS) is 10.8. The van der Waals surface area contributed by atoms with Gasteiger partial charge in [0.05, 0.1) is 5.69 Å². The first-order valence-corrected chi connectivity index (χ1v) is 4.33. The van der Waals surface area contributed by atoms with Crippen LogP contribution in [0.5, 0.6) is 0 Å². The van der Waals surface area contributed by atoms with Crippen LogP contribution in [0.2, 0.25) is 0 Å². The van der Waals surface area contributed by atoms with E-state index in [4.69, 9.17) is 0 Å². The molecule has 0 N–H and O–H groups in total. The lowest BCUT2D eigenvalue weighted by atomic mass is 10.4. The van der Waals surface area contributed by atoms with E-state index in [1.165, 1.54) is 0 Å². The summed E-state index contributed by atoms with van der Waals surface area (Å²) in [6, 6.07) is 0.403. The Morgan fingerprint density at radius 3 is 2.70 bits per heavy atom. The first-order valence-electron chi connectivity index (χ1n) is 3.20. The molecule has 0 saturated heterocycles. The molecule has 0 aliphatic carbocycles. The van der Waals surface area contributed by atoms with Crippen LogP contribution in [-0.4, -0.2) is 15.0 Å². The molecule has 1 heterocycles. The van der Waals surface area contributed by atoms with Crippen LogP contribution in [-0.2, 0) is 5.33 Å². The molecule has 0 saturated carbocycles. The molecule has 0 fully saturated rings. The zero-order valence-corrected chi connectivity index (χ0v) is 7.67. The molecule has 1 aromatic rings. The Morgan fingerprint density at radius 2 is 2.40 bits per heavy atom. The van der Waals surface area contributed by atoms with Gasteiger partial charge in [0.2, 0.25) is 0 Å². The van der Waals surface area contributed by atoms with Crippen molar-refractivity contribution in [3.63, 3.8) is 0 Å². The van der Waals surface area contributed by atoms with Gasteiger partial charge in [0.15, 0.2) is 0 Å². The third-order valence-electron chi connectivity index (χ3n) is 1.22. The van der Waals surface area contributed by atoms with E-state index < -0.39 is 0 Å². The quantitative estimate of drug-likeness (QED) is 0.687. The van der Waals surface area contributed by atoms with Gasteiger partial charge >= 0.3 is 0 Å². The molecule has 3 nitrogen and oxygen atoms in total. The fourth-order valence-electron chi connectivity index (χ4n) is 0.627. The van der Waals surface area contributed by atoms with E-state index in [-0.39, 0.29) is 0 Å². The minimum Gasteiger partial charge on any atom is -0.250 e. The lowest BCUT2D eigenvalue weighted by molar-refractivity contribution is 0.514. The summed E-state index contributed by atoms with van der Waals surface area (Å²) < 4.78 is 1.84. The fraction of sp³-hybridized carbons (Fsp3) is 0.667. The Bertz CT molecular complexity index is 207. The molecule has 0 spiro atoms. The molecule has 10 heavy (non-hydrogen) atoms. The van der Waals surface area contributed by atoms with E-state index in [9.17, 15) is 0 Å². The monoisotopic (exact) mass is 203 g/mol. The lowest BCUT2D eigenvalue weighted by Crippen LogP contribution is -2.00. The van der Waals surface area contributed by atoms with Crippen molar-refractivity contribution in [2.75, 3.05) is 0 Å². The Labute approximate surface area is 68.6 Å². The second kappa shape index (κ2) is 3.14. The van der Waals surface area contributed by atoms with Gasteiger partial charge in [0.1, 0.15) is 0 Å². The summed E-state index contributed by atoms with van der Waals surface area (Å²) in [6.45, 7) is 4.15. The van der Waals surface area contributed by atoms with Gasteiger partial charge in [-0.1, -0.05) is 21.1 Å². The van der Waals surface area contributed by atoms with E-state index in [0.29, 0.717) is 6.04 Å². The molecular formula is C6H10BrN3. The van der Waals surface area contributed by atoms with Crippen LogP contribution in [0, 0.1) is 0 Å². The van der Waals surface area contributed by atoms with Crippen LogP contribution in [0.15, 0.2) is 6.20 Å². The van der Waals surface area contributed by atoms with Crippen molar-refractivity contribution in [3.05, 3.63) is 11.9 Å². The van der Waals surface area contributed by atoms with Crippen LogP contribution in [0.1, 0.15) is 25.6 Å². The minimum atomic E-state index is 0.403. The topological polar surface area (TPSA) is 30.7 Å². The second-order valence-electron chi connectivity index (χ2n) is 2.42. The molecule has 56 valence electrons. The predicted molar refractivity (Wildman–Crippen MR) is 43.0 cm³/mol. The highest BCUT2D eigenvalue weighted by Crippen LogP contribution is 2.04. The Hall–Kier alpha value is -0.380. The van der Waals surface area contributed by atoms with Crippen molar-refractivity contribution in [3.8, 4) is 0 Å². The molecule has 1 aromatic heterocycles. The van der Waals surface area contributed by atoms with Crippen LogP contribution >= 0.6 is 15.9 Å². The minimum absolute atomic E-state index is 0.403. The molecule has 4 heteroatoms. The first kappa shape index (κ1) is 7.72. The predicted octanol–water partition coefficient (Wildman–Crippen LogP) is 1.75. The number of rotatable bonds is 2. The summed E-state index contributed by atoms with van der Waals surface area (Å²) in [5.74, 6) is 0. The molecule has 0 radical (unpaired) electrons. The standard InChI is InChI=1S/C6H10BrN3/c1-5(2)10-4-6(3-7)8-9-10/h4-5H,3H2,1-2H3. The number of halogens is 1. The third kappa shape index (κ3) is 1.56. The van der Waals surface area contributed by atoms with Crippen LogP contribution in [0.4, 0.5) is 0 Å². The Morgan fingerprint density at radius 1 is 1.70 bits per heavy atom. The highest BCUT2D eigenvalue weighted by Gasteiger charge is 2.00. The maximum absolute atomic E-state index is 3.92. The molecular weight excluding hydrogens is 194 g/mol. The number of hydrogen-bond donors (Lipinski definition) is 0. The molecule has 0 aromatic carbocycles. The van der Waals surface area contributed by atoms with Crippen molar-refractivity contribution >= 4 is 15.9 Å². The van der Waals surface area contributed by atoms with Crippen molar-refractivity contribution in [2.24, 2.45) is 0 Å². The summed E-state index contributed by atoms with van der Waals surface area (Å²) in [4.78, 5) is 0. The number of nitrogens with zero attached hydrogens (tertiary/aromatic N) is 3. The molecule has 0 unspecified atom stereocenters. The maximum Gasteiger partial charge on any atom is 0.0932 e. The maximum atomic E-state index is 3.92. The average molecular weight is 204 g/mol. The van der Waals surface area contributed by atoms with Crippen molar-refractivity contribution in [1.82, 2.24) is 15.0 Å². The van der Waals surface area contributed by atoms with E-state index in [2.05, 4.69) is 40.1 Å². The zero-order chi connectivity index (χ0) is 7.56. The Balaban J connectivity index is 2.78. The summed E-state index contributed by atoms with van der Waals surface area (Å²) in [5, 5.41) is 8.62. The van der Waals surface area contributed by atoms with Crippen LogP contribution < -0.4 is 0 Å². The molecule has 0 bridgehead atoms. The van der Waals surface area contributed by atoms with Gasteiger partial charge in [-0.25, -0.2) is 4.68 Å². The van der Waals surface area contributed by atoms with Gasteiger partial charge in [-0.2, -0.15) is 0 Å². The van der Waals surface area contributed by atoms with Gasteiger partial charge in [0, 0.05) is 17.6 Å². The Kier molecular flexibility index (Phi) is 2.43. The van der Waals surface area contributed by atoms with Gasteiger partial charge in [-0.15, -0.1) is 5.10 Å². The first-order chi connectivity index (χ1) is 4.74. The average Bonchev–Trinajstić information content (AvgIpc) is 2.34. The SMILES string of the molecule is CC(C)n1cc(CBr)nn1. The van der Waals surface area contributed by atoms with Crippen molar-refractivity contribution in [2.45, 2.75) is 25.2 Å². The molecule has 0 amide bonds. The lowest BCUT2D eigenvalue weighted by Gasteiger charge is -2.00. The second-order valence-corrected chi connectivity index (χ2v) is 2.98. The van der Waals surface area contributed by atoms with Gasteiger partial charge < -0.3 is 0 Å². The summed E-state index contributed by atoms with van der Waals surface area (Å²) >= 11 is 3.30. The van der Waals surface area contributed by atoms with Gasteiger partial charge in [-0.3, -0.25) is 0 Å². The summed E-state index contributed by atoms with van der Waals surface area (Å²) in [5.41, 5.74) is 0.980. The summed E-state index contributed by atoms with van der Waals surface area (Å²) in [6.07, 6.45) is 1.94. The molecule has 0 aliphatic rings. The number of hydrogen-bond acceptors (Lipinski definition) is 2. The third-order valence-corrected chi connectivity index (χ3v) is 1.80. The number of alkyl halides is 1.